The van der Waals surface area contributed by atoms with E-state index in [9.17, 15) is 14.4 Å². The highest BCUT2D eigenvalue weighted by Crippen LogP contribution is 2.30. The van der Waals surface area contributed by atoms with Crippen LogP contribution in [0.15, 0.2) is 58.0 Å². The molecule has 0 radical (unpaired) electrons. The van der Waals surface area contributed by atoms with Crippen LogP contribution < -0.4 is 21.0 Å². The highest BCUT2D eigenvalue weighted by molar-refractivity contribution is 6.33. The van der Waals surface area contributed by atoms with Gasteiger partial charge in [0.2, 0.25) is 0 Å². The lowest BCUT2D eigenvalue weighted by Crippen LogP contribution is -2.41. The molecular weight excluding hydrogens is 472 g/mol. The van der Waals surface area contributed by atoms with E-state index in [1.165, 1.54) is 7.11 Å². The van der Waals surface area contributed by atoms with Gasteiger partial charge in [-0.3, -0.25) is 25.2 Å². The molecule has 0 atom stereocenters. The molecule has 0 saturated heterocycles. The predicted octanol–water partition coefficient (Wildman–Crippen LogP) is 3.80. The van der Waals surface area contributed by atoms with Crippen LogP contribution in [0.1, 0.15) is 61.0 Å². The lowest BCUT2D eigenvalue weighted by molar-refractivity contribution is 0.0829. The van der Waals surface area contributed by atoms with Crippen molar-refractivity contribution in [2.45, 2.75) is 26.2 Å². The monoisotopic (exact) mass is 494 g/mol. The average molecular weight is 495 g/mol. The van der Waals surface area contributed by atoms with E-state index in [1.807, 2.05) is 0 Å². The number of aryl methyl sites for hydroxylation is 1. The normalized spacial score (nSPS) is 13.6. The van der Waals surface area contributed by atoms with Crippen LogP contribution in [0.3, 0.4) is 0 Å². The molecule has 3 aromatic rings. The Bertz CT molecular complexity index is 1330. The zero-order valence-electron chi connectivity index (χ0n) is 19.1. The van der Waals surface area contributed by atoms with E-state index in [0.29, 0.717) is 46.8 Å². The SMILES string of the molecule is COc1ccccc1C(=O)N/N=C1\CCCc2oc(C(=O)NNC(=O)c3ccccc3Cl)c(C)c21. The highest BCUT2D eigenvalue weighted by Gasteiger charge is 2.28. The lowest BCUT2D eigenvalue weighted by Gasteiger charge is -2.14. The molecule has 3 amide bonds. The fourth-order valence-corrected chi connectivity index (χ4v) is 4.11. The Morgan fingerprint density at radius 3 is 2.37 bits per heavy atom. The quantitative estimate of drug-likeness (QED) is 0.466. The van der Waals surface area contributed by atoms with E-state index < -0.39 is 17.7 Å². The maximum atomic E-state index is 12.8. The third-order valence-corrected chi connectivity index (χ3v) is 5.91. The van der Waals surface area contributed by atoms with E-state index >= 15 is 0 Å². The number of hydrazine groups is 1. The molecule has 0 fully saturated rings. The molecule has 180 valence electrons. The van der Waals surface area contributed by atoms with Crippen molar-refractivity contribution in [3.63, 3.8) is 0 Å². The van der Waals surface area contributed by atoms with Gasteiger partial charge in [0.05, 0.1) is 29.0 Å². The molecule has 0 saturated carbocycles. The average Bonchev–Trinajstić information content (AvgIpc) is 3.22. The summed E-state index contributed by atoms with van der Waals surface area (Å²) in [5.41, 5.74) is 9.71. The minimum Gasteiger partial charge on any atom is -0.496 e. The lowest BCUT2D eigenvalue weighted by atomic mass is 9.93. The first-order valence-electron chi connectivity index (χ1n) is 10.9. The fourth-order valence-electron chi connectivity index (χ4n) is 3.89. The van der Waals surface area contributed by atoms with Gasteiger partial charge in [-0.15, -0.1) is 0 Å². The number of nitrogens with one attached hydrogen (secondary N) is 3. The van der Waals surface area contributed by atoms with Gasteiger partial charge in [0.1, 0.15) is 11.5 Å². The Kier molecular flexibility index (Phi) is 7.17. The summed E-state index contributed by atoms with van der Waals surface area (Å²) in [5, 5.41) is 4.58. The molecule has 0 aliphatic heterocycles. The largest absolute Gasteiger partial charge is 0.496 e. The van der Waals surface area contributed by atoms with Gasteiger partial charge in [-0.2, -0.15) is 5.10 Å². The molecule has 4 rings (SSSR count). The first-order chi connectivity index (χ1) is 16.9. The van der Waals surface area contributed by atoms with Gasteiger partial charge in [-0.1, -0.05) is 35.9 Å². The van der Waals surface area contributed by atoms with Crippen molar-refractivity contribution in [3.05, 3.63) is 87.3 Å². The van der Waals surface area contributed by atoms with Gasteiger partial charge in [0.15, 0.2) is 5.76 Å². The number of methoxy groups -OCH3 is 1. The Morgan fingerprint density at radius 1 is 0.943 bits per heavy atom. The van der Waals surface area contributed by atoms with E-state index in [4.69, 9.17) is 20.8 Å². The van der Waals surface area contributed by atoms with Gasteiger partial charge in [-0.05, 0) is 44.0 Å². The number of halogens is 1. The second kappa shape index (κ2) is 10.4. The maximum absolute atomic E-state index is 12.8. The Labute approximate surface area is 206 Å². The van der Waals surface area contributed by atoms with Crippen LogP contribution in [-0.2, 0) is 6.42 Å². The van der Waals surface area contributed by atoms with Crippen LogP contribution in [0.5, 0.6) is 5.75 Å². The van der Waals surface area contributed by atoms with Crippen LogP contribution in [-0.4, -0.2) is 30.5 Å². The first kappa shape index (κ1) is 24.0. The third-order valence-electron chi connectivity index (χ3n) is 5.58. The summed E-state index contributed by atoms with van der Waals surface area (Å²) in [5.74, 6) is -0.494. The van der Waals surface area contributed by atoms with Gasteiger partial charge in [0.25, 0.3) is 11.8 Å². The number of hydrogen-bond donors (Lipinski definition) is 3. The Balaban J connectivity index is 1.50. The number of hydrogen-bond acceptors (Lipinski definition) is 6. The molecule has 1 aromatic heterocycles. The minimum atomic E-state index is -0.616. The van der Waals surface area contributed by atoms with Gasteiger partial charge < -0.3 is 9.15 Å². The summed E-state index contributed by atoms with van der Waals surface area (Å²) in [6.45, 7) is 1.73. The van der Waals surface area contributed by atoms with Crippen LogP contribution in [0, 0.1) is 6.92 Å². The van der Waals surface area contributed by atoms with Gasteiger partial charge in [-0.25, -0.2) is 5.43 Å². The number of para-hydroxylation sites is 1. The molecule has 35 heavy (non-hydrogen) atoms. The zero-order chi connectivity index (χ0) is 24.9. The second-order valence-corrected chi connectivity index (χ2v) is 8.20. The van der Waals surface area contributed by atoms with E-state index in [2.05, 4.69) is 21.4 Å². The van der Waals surface area contributed by atoms with E-state index in [-0.39, 0.29) is 16.3 Å². The van der Waals surface area contributed by atoms with Crippen molar-refractivity contribution in [2.75, 3.05) is 7.11 Å². The zero-order valence-corrected chi connectivity index (χ0v) is 19.9. The van der Waals surface area contributed by atoms with Crippen molar-refractivity contribution >= 4 is 35.0 Å². The summed E-state index contributed by atoms with van der Waals surface area (Å²) in [4.78, 5) is 37.7. The third kappa shape index (κ3) is 5.04. The maximum Gasteiger partial charge on any atom is 0.305 e. The fraction of sp³-hybridized carbons (Fsp3) is 0.200. The molecule has 3 N–H and O–H groups in total. The van der Waals surface area contributed by atoms with Gasteiger partial charge >= 0.3 is 5.91 Å². The standard InChI is InChI=1S/C25H23ClN4O5/c1-14-21-18(27-28-24(32)16-9-4-6-12-19(16)34-2)11-7-13-20(21)35-22(14)25(33)30-29-23(31)15-8-3-5-10-17(15)26/h3-6,8-10,12H,7,11,13H2,1-2H3,(H,28,32)(H,29,31)(H,30,33)/b27-18+. The Hall–Kier alpha value is -4.11. The molecule has 0 spiro atoms. The molecule has 2 aromatic carbocycles. The van der Waals surface area contributed by atoms with Crippen molar-refractivity contribution < 1.29 is 23.5 Å². The smallest absolute Gasteiger partial charge is 0.305 e. The molecule has 1 aliphatic rings. The molecule has 0 bridgehead atoms. The van der Waals surface area contributed by atoms with Crippen molar-refractivity contribution in [1.29, 1.82) is 0 Å². The van der Waals surface area contributed by atoms with Crippen LogP contribution in [0.4, 0.5) is 0 Å². The molecule has 10 heteroatoms. The number of ether oxygens (including phenoxy) is 1. The highest BCUT2D eigenvalue weighted by atomic mass is 35.5. The number of hydrazone groups is 1. The van der Waals surface area contributed by atoms with Crippen LogP contribution >= 0.6 is 11.6 Å². The number of nitrogens with zero attached hydrogens (tertiary/aromatic N) is 1. The number of carbonyl (C=O) groups excluding carboxylic acids is 3. The molecular formula is C25H23ClN4O5. The number of fused-ring (bicyclic) bond motifs is 1. The molecule has 9 nitrogen and oxygen atoms in total. The number of furan rings is 1. The number of rotatable bonds is 5. The summed E-state index contributed by atoms with van der Waals surface area (Å²) in [7, 11) is 1.49. The van der Waals surface area contributed by atoms with Crippen LogP contribution in [0.25, 0.3) is 0 Å². The summed E-state index contributed by atoms with van der Waals surface area (Å²) < 4.78 is 11.0. The second-order valence-electron chi connectivity index (χ2n) is 7.80. The number of carbonyl (C=O) groups is 3. The van der Waals surface area contributed by atoms with Crippen molar-refractivity contribution in [2.24, 2.45) is 5.10 Å². The van der Waals surface area contributed by atoms with E-state index in [0.717, 1.165) is 6.42 Å². The number of amides is 3. The topological polar surface area (TPSA) is 122 Å². The summed E-state index contributed by atoms with van der Waals surface area (Å²) in [6, 6.07) is 13.3. The van der Waals surface area contributed by atoms with Crippen LogP contribution in [0.2, 0.25) is 5.02 Å². The van der Waals surface area contributed by atoms with Crippen molar-refractivity contribution in [3.8, 4) is 5.75 Å². The molecule has 0 unspecified atom stereocenters. The van der Waals surface area contributed by atoms with Gasteiger partial charge in [0, 0.05) is 17.5 Å². The minimum absolute atomic E-state index is 0.0557. The first-order valence-corrected chi connectivity index (χ1v) is 11.3. The molecule has 1 aliphatic carbocycles. The Morgan fingerprint density at radius 2 is 1.63 bits per heavy atom. The summed E-state index contributed by atoms with van der Waals surface area (Å²) in [6.07, 6.45) is 1.96. The number of benzene rings is 2. The summed E-state index contributed by atoms with van der Waals surface area (Å²) >= 11 is 6.03. The predicted molar refractivity (Wildman–Crippen MR) is 130 cm³/mol. The molecule has 1 heterocycles. The van der Waals surface area contributed by atoms with E-state index in [1.54, 1.807) is 55.5 Å². The van der Waals surface area contributed by atoms with Crippen molar-refractivity contribution in [1.82, 2.24) is 16.3 Å².